The molecular weight excluding hydrogens is 549 g/mol. The average molecular weight is 572 g/mol. The van der Waals surface area contributed by atoms with Gasteiger partial charge in [0.05, 0.1) is 22.8 Å². The third-order valence-electron chi connectivity index (χ3n) is 5.83. The number of sulfone groups is 1. The quantitative estimate of drug-likeness (QED) is 0.191. The first-order valence-electron chi connectivity index (χ1n) is 10.9. The summed E-state index contributed by atoms with van der Waals surface area (Å²) >= 11 is 6.15. The van der Waals surface area contributed by atoms with Crippen LogP contribution in [0.25, 0.3) is 11.0 Å². The van der Waals surface area contributed by atoms with Gasteiger partial charge in [-0.15, -0.1) is 0 Å². The summed E-state index contributed by atoms with van der Waals surface area (Å²) in [6.07, 6.45) is -4.44. The maximum atomic E-state index is 12.2. The third kappa shape index (κ3) is 6.11. The molecule has 1 aromatic carbocycles. The molecule has 198 valence electrons. The van der Waals surface area contributed by atoms with E-state index < -0.39 is 53.2 Å². The van der Waals surface area contributed by atoms with E-state index in [-0.39, 0.29) is 17.0 Å². The van der Waals surface area contributed by atoms with Crippen LogP contribution in [0, 0.1) is 11.3 Å². The Morgan fingerprint density at radius 2 is 1.89 bits per heavy atom. The van der Waals surface area contributed by atoms with Crippen LogP contribution in [-0.4, -0.2) is 72.5 Å². The molecule has 1 aliphatic heterocycles. The van der Waals surface area contributed by atoms with Gasteiger partial charge in [-0.25, -0.2) is 13.4 Å². The van der Waals surface area contributed by atoms with Crippen molar-refractivity contribution in [1.82, 2.24) is 14.5 Å². The number of nitriles is 1. The zero-order chi connectivity index (χ0) is 27.1. The van der Waals surface area contributed by atoms with Gasteiger partial charge in [0, 0.05) is 12.2 Å². The molecule has 0 amide bonds. The Morgan fingerprint density at radius 3 is 2.51 bits per heavy atom. The van der Waals surface area contributed by atoms with Crippen molar-refractivity contribution in [2.75, 3.05) is 16.6 Å². The topological polar surface area (TPSA) is 208 Å². The highest BCUT2D eigenvalue weighted by molar-refractivity contribution is 7.97. The van der Waals surface area contributed by atoms with Gasteiger partial charge >= 0.3 is 7.60 Å². The minimum Gasteiger partial charge on any atom is -0.387 e. The minimum atomic E-state index is -4.87. The Hall–Kier alpha value is -2.60. The van der Waals surface area contributed by atoms with E-state index in [0.717, 1.165) is 5.56 Å². The van der Waals surface area contributed by atoms with Crippen LogP contribution in [0.4, 0.5) is 5.82 Å². The SMILES string of the molecule is CC(Nc1nc(Cl)nc2c1ccn2[C@@H]1O[C@H](CS(=O)(=O)CP(=O)(O)O)[C@@H](O)[C@H]1O)c1ccc(C#N)cc1. The summed E-state index contributed by atoms with van der Waals surface area (Å²) in [5, 5.41) is 33.6. The molecule has 3 heterocycles. The zero-order valence-electron chi connectivity index (χ0n) is 19.2. The van der Waals surface area contributed by atoms with Crippen LogP contribution in [0.5, 0.6) is 0 Å². The van der Waals surface area contributed by atoms with Crippen LogP contribution >= 0.6 is 19.2 Å². The highest BCUT2D eigenvalue weighted by Gasteiger charge is 2.46. The molecule has 0 spiro atoms. The minimum absolute atomic E-state index is 0.129. The number of rotatable bonds is 8. The zero-order valence-corrected chi connectivity index (χ0v) is 21.7. The van der Waals surface area contributed by atoms with Gasteiger partial charge in [-0.05, 0) is 42.3 Å². The van der Waals surface area contributed by atoms with Crippen LogP contribution in [0.1, 0.15) is 30.3 Å². The van der Waals surface area contributed by atoms with E-state index in [1.165, 1.54) is 10.8 Å². The number of nitrogens with zero attached hydrogens (tertiary/aromatic N) is 4. The van der Waals surface area contributed by atoms with Gasteiger partial charge in [-0.2, -0.15) is 10.2 Å². The highest BCUT2D eigenvalue weighted by atomic mass is 35.5. The van der Waals surface area contributed by atoms with E-state index in [1.54, 1.807) is 30.3 Å². The largest absolute Gasteiger partial charge is 0.387 e. The van der Waals surface area contributed by atoms with Crippen LogP contribution in [0.15, 0.2) is 36.5 Å². The van der Waals surface area contributed by atoms with Crippen molar-refractivity contribution in [3.05, 3.63) is 52.9 Å². The fourth-order valence-electron chi connectivity index (χ4n) is 4.11. The molecule has 16 heteroatoms. The van der Waals surface area contributed by atoms with Gasteiger partial charge < -0.3 is 34.6 Å². The van der Waals surface area contributed by atoms with Gasteiger partial charge in [0.1, 0.15) is 29.8 Å². The summed E-state index contributed by atoms with van der Waals surface area (Å²) in [7, 11) is -9.18. The van der Waals surface area contributed by atoms with Crippen molar-refractivity contribution >= 4 is 45.9 Å². The number of hydrogen-bond donors (Lipinski definition) is 5. The number of ether oxygens (including phenoxy) is 1. The van der Waals surface area contributed by atoms with Crippen LogP contribution in [0.2, 0.25) is 5.28 Å². The number of nitrogens with one attached hydrogen (secondary N) is 1. The highest BCUT2D eigenvalue weighted by Crippen LogP contribution is 2.39. The molecular formula is C21H23ClN5O8PS. The molecule has 1 aliphatic rings. The molecule has 4 rings (SSSR count). The number of fused-ring (bicyclic) bond motifs is 1. The Balaban J connectivity index is 1.60. The molecule has 2 aromatic heterocycles. The molecule has 1 fully saturated rings. The number of hydrogen-bond acceptors (Lipinski definition) is 10. The predicted octanol–water partition coefficient (Wildman–Crippen LogP) is 1.30. The van der Waals surface area contributed by atoms with Gasteiger partial charge in [0.15, 0.2) is 21.6 Å². The number of anilines is 1. The standard InChI is InChI=1S/C21H23ClN5O8PS/c1-11(13-4-2-12(8-23)3-5-13)24-18-14-6-7-27(19(14)26-21(22)25-18)20-17(29)16(28)15(35-20)9-37(33,34)10-36(30,31)32/h2-7,11,15-17,20,28-29H,9-10H2,1H3,(H,24,25,26)(H2,30,31,32)/t11?,15-,16-,17-,20-/m1/s1. The van der Waals surface area contributed by atoms with Crippen molar-refractivity contribution in [1.29, 1.82) is 5.26 Å². The summed E-state index contributed by atoms with van der Waals surface area (Å²) in [6, 6.07) is 10.4. The molecule has 3 aromatic rings. The Bertz CT molecular complexity index is 1500. The van der Waals surface area contributed by atoms with E-state index in [2.05, 4.69) is 21.4 Å². The normalized spacial score (nSPS) is 23.2. The Kier molecular flexibility index (Phi) is 7.62. The summed E-state index contributed by atoms with van der Waals surface area (Å²) in [6.45, 7) is 1.88. The summed E-state index contributed by atoms with van der Waals surface area (Å²) in [5.74, 6) is -0.545. The number of aliphatic hydroxyl groups is 2. The fraction of sp³-hybridized carbons (Fsp3) is 0.381. The molecule has 1 unspecified atom stereocenters. The van der Waals surface area contributed by atoms with Gasteiger partial charge in [0.2, 0.25) is 5.28 Å². The second kappa shape index (κ2) is 10.3. The molecule has 0 bridgehead atoms. The molecule has 0 saturated carbocycles. The van der Waals surface area contributed by atoms with Crippen LogP contribution in [-0.2, 0) is 19.1 Å². The Morgan fingerprint density at radius 1 is 1.22 bits per heavy atom. The van der Waals surface area contributed by atoms with E-state index in [1.807, 2.05) is 6.92 Å². The molecule has 0 aliphatic carbocycles. The lowest BCUT2D eigenvalue weighted by molar-refractivity contribution is -0.0288. The van der Waals surface area contributed by atoms with Crippen molar-refractivity contribution in [3.63, 3.8) is 0 Å². The molecule has 37 heavy (non-hydrogen) atoms. The average Bonchev–Trinajstić information content (AvgIpc) is 3.33. The first-order valence-corrected chi connectivity index (χ1v) is 14.8. The molecule has 13 nitrogen and oxygen atoms in total. The van der Waals surface area contributed by atoms with Gasteiger partial charge in [-0.1, -0.05) is 12.1 Å². The van der Waals surface area contributed by atoms with Crippen LogP contribution < -0.4 is 5.32 Å². The maximum absolute atomic E-state index is 12.2. The van der Waals surface area contributed by atoms with Gasteiger partial charge in [-0.3, -0.25) is 4.57 Å². The number of aromatic nitrogens is 3. The van der Waals surface area contributed by atoms with Crippen molar-refractivity contribution < 1.29 is 37.7 Å². The summed E-state index contributed by atoms with van der Waals surface area (Å²) < 4.78 is 42.5. The third-order valence-corrected chi connectivity index (χ3v) is 9.76. The van der Waals surface area contributed by atoms with Crippen molar-refractivity contribution in [2.45, 2.75) is 37.5 Å². The van der Waals surface area contributed by atoms with Crippen LogP contribution in [0.3, 0.4) is 0 Å². The number of benzene rings is 1. The van der Waals surface area contributed by atoms with Crippen molar-refractivity contribution in [2.24, 2.45) is 0 Å². The van der Waals surface area contributed by atoms with E-state index in [9.17, 15) is 23.2 Å². The van der Waals surface area contributed by atoms with E-state index in [4.69, 9.17) is 31.4 Å². The second-order valence-corrected chi connectivity index (χ2v) is 13.2. The second-order valence-electron chi connectivity index (χ2n) is 8.65. The molecule has 0 radical (unpaired) electrons. The smallest absolute Gasteiger partial charge is 0.340 e. The first-order chi connectivity index (χ1) is 17.3. The van der Waals surface area contributed by atoms with Gasteiger partial charge in [0.25, 0.3) is 0 Å². The lowest BCUT2D eigenvalue weighted by atomic mass is 10.1. The summed E-state index contributed by atoms with van der Waals surface area (Å²) in [5.41, 5.74) is 0.211. The predicted molar refractivity (Wildman–Crippen MR) is 132 cm³/mol. The first kappa shape index (κ1) is 27.4. The van der Waals surface area contributed by atoms with Crippen molar-refractivity contribution in [3.8, 4) is 6.07 Å². The lowest BCUT2D eigenvalue weighted by Gasteiger charge is -2.19. The lowest BCUT2D eigenvalue weighted by Crippen LogP contribution is -2.35. The number of aliphatic hydroxyl groups excluding tert-OH is 2. The maximum Gasteiger partial charge on any atom is 0.340 e. The number of halogens is 1. The molecule has 5 N–H and O–H groups in total. The van der Waals surface area contributed by atoms with E-state index in [0.29, 0.717) is 16.8 Å². The molecule has 1 saturated heterocycles. The van der Waals surface area contributed by atoms with E-state index >= 15 is 0 Å². The summed E-state index contributed by atoms with van der Waals surface area (Å²) in [4.78, 5) is 26.5. The molecule has 5 atom stereocenters. The fourth-order valence-corrected chi connectivity index (χ4v) is 7.53. The monoisotopic (exact) mass is 571 g/mol. The Labute approximate surface area is 216 Å².